The van der Waals surface area contributed by atoms with Crippen LogP contribution in [0.1, 0.15) is 30.9 Å². The number of benzene rings is 1. The summed E-state index contributed by atoms with van der Waals surface area (Å²) in [6, 6.07) is 10.2. The molecule has 1 unspecified atom stereocenters. The molecule has 1 aromatic rings. The first-order chi connectivity index (χ1) is 8.16. The third-order valence-electron chi connectivity index (χ3n) is 3.67. The highest BCUT2D eigenvalue weighted by atomic mass is 15.2. The summed E-state index contributed by atoms with van der Waals surface area (Å²) in [5.74, 6) is 0. The van der Waals surface area contributed by atoms with Crippen LogP contribution in [0.3, 0.4) is 0 Å². The number of rotatable bonds is 6. The molecule has 0 bridgehead atoms. The minimum absolute atomic E-state index is 0.632. The van der Waals surface area contributed by atoms with Gasteiger partial charge in [-0.2, -0.15) is 0 Å². The molecule has 0 aliphatic heterocycles. The van der Waals surface area contributed by atoms with Crippen LogP contribution in [-0.4, -0.2) is 30.6 Å². The average molecular weight is 232 g/mol. The molecule has 1 aliphatic carbocycles. The molecule has 17 heavy (non-hydrogen) atoms. The second-order valence-corrected chi connectivity index (χ2v) is 5.37. The van der Waals surface area contributed by atoms with Gasteiger partial charge in [0.05, 0.1) is 0 Å². The molecule has 0 amide bonds. The summed E-state index contributed by atoms with van der Waals surface area (Å²) < 4.78 is 0. The van der Waals surface area contributed by atoms with Gasteiger partial charge in [-0.15, -0.1) is 0 Å². The molecule has 1 aliphatic rings. The zero-order valence-electron chi connectivity index (χ0n) is 11.2. The van der Waals surface area contributed by atoms with E-state index in [2.05, 4.69) is 55.4 Å². The van der Waals surface area contributed by atoms with E-state index in [9.17, 15) is 0 Å². The van der Waals surface area contributed by atoms with Crippen LogP contribution < -0.4 is 5.32 Å². The topological polar surface area (TPSA) is 15.3 Å². The van der Waals surface area contributed by atoms with Gasteiger partial charge in [0.15, 0.2) is 0 Å². The molecule has 1 N–H and O–H groups in total. The van der Waals surface area contributed by atoms with Gasteiger partial charge in [-0.25, -0.2) is 0 Å². The zero-order valence-corrected chi connectivity index (χ0v) is 11.2. The second-order valence-electron chi connectivity index (χ2n) is 5.37. The third kappa shape index (κ3) is 3.83. The van der Waals surface area contributed by atoms with Crippen LogP contribution in [0.5, 0.6) is 0 Å². The molecular weight excluding hydrogens is 208 g/mol. The minimum atomic E-state index is 0.632. The summed E-state index contributed by atoms with van der Waals surface area (Å²) >= 11 is 0. The Morgan fingerprint density at radius 2 is 2.18 bits per heavy atom. The van der Waals surface area contributed by atoms with Crippen LogP contribution in [0.25, 0.3) is 0 Å². The minimum Gasteiger partial charge on any atom is -0.311 e. The van der Waals surface area contributed by atoms with E-state index in [4.69, 9.17) is 0 Å². The SMILES string of the molecule is Cc1cccc(CNCC(C)N(C)C2CC2)c1. The van der Waals surface area contributed by atoms with Gasteiger partial charge in [-0.3, -0.25) is 4.90 Å². The van der Waals surface area contributed by atoms with Crippen molar-refractivity contribution in [2.75, 3.05) is 13.6 Å². The lowest BCUT2D eigenvalue weighted by Crippen LogP contribution is -2.38. The molecule has 1 atom stereocenters. The highest BCUT2D eigenvalue weighted by Crippen LogP contribution is 2.26. The molecule has 1 saturated carbocycles. The largest absolute Gasteiger partial charge is 0.311 e. The van der Waals surface area contributed by atoms with Gasteiger partial charge in [0.25, 0.3) is 0 Å². The molecule has 0 spiro atoms. The van der Waals surface area contributed by atoms with Crippen molar-refractivity contribution in [2.24, 2.45) is 0 Å². The number of nitrogens with one attached hydrogen (secondary N) is 1. The Kier molecular flexibility index (Phi) is 4.19. The van der Waals surface area contributed by atoms with Crippen molar-refractivity contribution in [2.45, 2.75) is 45.3 Å². The van der Waals surface area contributed by atoms with Crippen LogP contribution >= 0.6 is 0 Å². The van der Waals surface area contributed by atoms with Crippen molar-refractivity contribution in [3.8, 4) is 0 Å². The molecule has 1 fully saturated rings. The molecule has 0 heterocycles. The van der Waals surface area contributed by atoms with Gasteiger partial charge in [-0.05, 0) is 39.3 Å². The normalized spacial score (nSPS) is 17.4. The van der Waals surface area contributed by atoms with Crippen LogP contribution in [0, 0.1) is 6.92 Å². The van der Waals surface area contributed by atoms with E-state index in [1.54, 1.807) is 0 Å². The Labute approximate surface area is 105 Å². The Bertz CT molecular complexity index is 358. The molecule has 0 radical (unpaired) electrons. The number of hydrogen-bond donors (Lipinski definition) is 1. The Morgan fingerprint density at radius 1 is 1.41 bits per heavy atom. The highest BCUT2D eigenvalue weighted by Gasteiger charge is 2.28. The smallest absolute Gasteiger partial charge is 0.0206 e. The monoisotopic (exact) mass is 232 g/mol. The lowest BCUT2D eigenvalue weighted by atomic mass is 10.1. The van der Waals surface area contributed by atoms with Crippen molar-refractivity contribution < 1.29 is 0 Å². The standard InChI is InChI=1S/C15H24N2/c1-12-5-4-6-14(9-12)11-16-10-13(2)17(3)15-7-8-15/h4-6,9,13,15-16H,7-8,10-11H2,1-3H3. The van der Waals surface area contributed by atoms with Gasteiger partial charge < -0.3 is 5.32 Å². The van der Waals surface area contributed by atoms with Crippen molar-refractivity contribution >= 4 is 0 Å². The fourth-order valence-electron chi connectivity index (χ4n) is 2.23. The van der Waals surface area contributed by atoms with Gasteiger partial charge in [0.2, 0.25) is 0 Å². The summed E-state index contributed by atoms with van der Waals surface area (Å²) in [6.07, 6.45) is 2.78. The van der Waals surface area contributed by atoms with E-state index in [0.29, 0.717) is 6.04 Å². The summed E-state index contributed by atoms with van der Waals surface area (Å²) in [7, 11) is 2.25. The maximum absolute atomic E-state index is 3.55. The van der Waals surface area contributed by atoms with Crippen LogP contribution in [0.4, 0.5) is 0 Å². The van der Waals surface area contributed by atoms with Crippen molar-refractivity contribution in [3.63, 3.8) is 0 Å². The molecule has 2 nitrogen and oxygen atoms in total. The first kappa shape index (κ1) is 12.6. The Balaban J connectivity index is 1.71. The molecule has 94 valence electrons. The van der Waals surface area contributed by atoms with E-state index in [-0.39, 0.29) is 0 Å². The zero-order chi connectivity index (χ0) is 12.3. The number of nitrogens with zero attached hydrogens (tertiary/aromatic N) is 1. The molecule has 0 aromatic heterocycles. The molecule has 2 heteroatoms. The predicted octanol–water partition coefficient (Wildman–Crippen LogP) is 2.57. The second kappa shape index (κ2) is 5.65. The van der Waals surface area contributed by atoms with Crippen molar-refractivity contribution in [1.82, 2.24) is 10.2 Å². The maximum atomic E-state index is 3.55. The number of aryl methyl sites for hydroxylation is 1. The van der Waals surface area contributed by atoms with Crippen LogP contribution in [0.2, 0.25) is 0 Å². The van der Waals surface area contributed by atoms with Crippen LogP contribution in [0.15, 0.2) is 24.3 Å². The van der Waals surface area contributed by atoms with E-state index >= 15 is 0 Å². The van der Waals surface area contributed by atoms with Crippen LogP contribution in [-0.2, 0) is 6.54 Å². The van der Waals surface area contributed by atoms with Crippen molar-refractivity contribution in [3.05, 3.63) is 35.4 Å². The van der Waals surface area contributed by atoms with E-state index in [1.165, 1.54) is 24.0 Å². The molecular formula is C15H24N2. The fourth-order valence-corrected chi connectivity index (χ4v) is 2.23. The summed E-state index contributed by atoms with van der Waals surface area (Å²) in [4.78, 5) is 2.50. The fraction of sp³-hybridized carbons (Fsp3) is 0.600. The summed E-state index contributed by atoms with van der Waals surface area (Å²) in [6.45, 7) is 6.50. The van der Waals surface area contributed by atoms with Crippen molar-refractivity contribution in [1.29, 1.82) is 0 Å². The summed E-state index contributed by atoms with van der Waals surface area (Å²) in [5.41, 5.74) is 2.72. The lowest BCUT2D eigenvalue weighted by Gasteiger charge is -2.24. The first-order valence-electron chi connectivity index (χ1n) is 6.65. The lowest BCUT2D eigenvalue weighted by molar-refractivity contribution is 0.241. The number of likely N-dealkylation sites (N-methyl/N-ethyl adjacent to an activating group) is 1. The van der Waals surface area contributed by atoms with Gasteiger partial charge in [-0.1, -0.05) is 29.8 Å². The molecule has 2 rings (SSSR count). The highest BCUT2D eigenvalue weighted by molar-refractivity contribution is 5.21. The van der Waals surface area contributed by atoms with Gasteiger partial charge >= 0.3 is 0 Å². The third-order valence-corrected chi connectivity index (χ3v) is 3.67. The predicted molar refractivity (Wildman–Crippen MR) is 73.1 cm³/mol. The molecule has 1 aromatic carbocycles. The quantitative estimate of drug-likeness (QED) is 0.811. The molecule has 0 saturated heterocycles. The van der Waals surface area contributed by atoms with Gasteiger partial charge in [0.1, 0.15) is 0 Å². The van der Waals surface area contributed by atoms with E-state index in [0.717, 1.165) is 19.1 Å². The van der Waals surface area contributed by atoms with E-state index < -0.39 is 0 Å². The Hall–Kier alpha value is -0.860. The van der Waals surface area contributed by atoms with Gasteiger partial charge in [0, 0.05) is 25.2 Å². The Morgan fingerprint density at radius 3 is 2.82 bits per heavy atom. The first-order valence-corrected chi connectivity index (χ1v) is 6.65. The number of hydrogen-bond acceptors (Lipinski definition) is 2. The maximum Gasteiger partial charge on any atom is 0.0206 e. The average Bonchev–Trinajstić information content (AvgIpc) is 3.12. The van der Waals surface area contributed by atoms with E-state index in [1.807, 2.05) is 0 Å². The summed E-state index contributed by atoms with van der Waals surface area (Å²) in [5, 5.41) is 3.55.